The van der Waals surface area contributed by atoms with Crippen LogP contribution in [0.1, 0.15) is 18.1 Å². The molecule has 3 rings (SSSR count). The molecule has 33 heavy (non-hydrogen) atoms. The molecule has 1 aromatic heterocycles. The highest BCUT2D eigenvalue weighted by molar-refractivity contribution is 5.94. The molecule has 2 aromatic carbocycles. The topological polar surface area (TPSA) is 96.2 Å². The Balaban J connectivity index is 1.86. The molecule has 1 N–H and O–H groups in total. The van der Waals surface area contributed by atoms with Crippen molar-refractivity contribution in [3.8, 4) is 23.0 Å². The summed E-state index contributed by atoms with van der Waals surface area (Å²) in [6.07, 6.45) is -0.158. The molecule has 0 aliphatic heterocycles. The SMILES string of the molecule is C=C(C)COc1ccc2c(C)c(CC(=O)Nc3cc(OC)c(OC)c(OC)c3)c(=O)oc2c1. The Morgan fingerprint density at radius 1 is 1.06 bits per heavy atom. The molecule has 1 amide bonds. The Morgan fingerprint density at radius 3 is 2.30 bits per heavy atom. The van der Waals surface area contributed by atoms with Gasteiger partial charge in [0.25, 0.3) is 0 Å². The van der Waals surface area contributed by atoms with Crippen molar-refractivity contribution in [2.24, 2.45) is 0 Å². The van der Waals surface area contributed by atoms with E-state index in [4.69, 9.17) is 23.4 Å². The largest absolute Gasteiger partial charge is 0.493 e. The molecule has 1 heterocycles. The minimum atomic E-state index is -0.572. The molecule has 0 saturated heterocycles. The number of hydrogen-bond donors (Lipinski definition) is 1. The van der Waals surface area contributed by atoms with E-state index in [1.165, 1.54) is 21.3 Å². The smallest absolute Gasteiger partial charge is 0.340 e. The number of anilines is 1. The van der Waals surface area contributed by atoms with Crippen LogP contribution in [-0.4, -0.2) is 33.8 Å². The minimum absolute atomic E-state index is 0.158. The third-order valence-electron chi connectivity index (χ3n) is 5.03. The summed E-state index contributed by atoms with van der Waals surface area (Å²) in [6.45, 7) is 7.82. The Morgan fingerprint density at radius 2 is 1.73 bits per heavy atom. The fourth-order valence-corrected chi connectivity index (χ4v) is 3.39. The zero-order valence-corrected chi connectivity index (χ0v) is 19.4. The van der Waals surface area contributed by atoms with Gasteiger partial charge in [-0.2, -0.15) is 0 Å². The van der Waals surface area contributed by atoms with Crippen molar-refractivity contribution in [2.75, 3.05) is 33.3 Å². The first-order chi connectivity index (χ1) is 15.8. The number of methoxy groups -OCH3 is 3. The van der Waals surface area contributed by atoms with Gasteiger partial charge < -0.3 is 28.7 Å². The second-order valence-electron chi connectivity index (χ2n) is 7.54. The van der Waals surface area contributed by atoms with Crippen molar-refractivity contribution < 1.29 is 28.2 Å². The van der Waals surface area contributed by atoms with Gasteiger partial charge in [0, 0.05) is 29.3 Å². The minimum Gasteiger partial charge on any atom is -0.493 e. The third-order valence-corrected chi connectivity index (χ3v) is 5.03. The van der Waals surface area contributed by atoms with Crippen molar-refractivity contribution >= 4 is 22.6 Å². The van der Waals surface area contributed by atoms with Crippen LogP contribution in [0.15, 0.2) is 51.7 Å². The van der Waals surface area contributed by atoms with Crippen LogP contribution < -0.4 is 29.9 Å². The van der Waals surface area contributed by atoms with E-state index < -0.39 is 5.63 Å². The molecule has 0 radical (unpaired) electrons. The molecule has 0 aliphatic rings. The van der Waals surface area contributed by atoms with Crippen molar-refractivity contribution in [3.63, 3.8) is 0 Å². The molecule has 0 unspecified atom stereocenters. The highest BCUT2D eigenvalue weighted by Gasteiger charge is 2.18. The maximum absolute atomic E-state index is 12.7. The summed E-state index contributed by atoms with van der Waals surface area (Å²) in [7, 11) is 4.47. The van der Waals surface area contributed by atoms with Crippen LogP contribution in [0.2, 0.25) is 0 Å². The lowest BCUT2D eigenvalue weighted by Crippen LogP contribution is -2.20. The van der Waals surface area contributed by atoms with Crippen molar-refractivity contribution in [1.82, 2.24) is 0 Å². The zero-order chi connectivity index (χ0) is 24.1. The monoisotopic (exact) mass is 453 g/mol. The van der Waals surface area contributed by atoms with Gasteiger partial charge in [-0.25, -0.2) is 4.79 Å². The summed E-state index contributed by atoms with van der Waals surface area (Å²) < 4.78 is 27.0. The van der Waals surface area contributed by atoms with E-state index in [2.05, 4.69) is 11.9 Å². The number of carbonyl (C=O) groups is 1. The van der Waals surface area contributed by atoms with E-state index in [0.29, 0.717) is 46.4 Å². The number of fused-ring (bicyclic) bond motifs is 1. The van der Waals surface area contributed by atoms with Gasteiger partial charge in [0.05, 0.1) is 33.3 Å². The first-order valence-electron chi connectivity index (χ1n) is 10.2. The normalized spacial score (nSPS) is 10.6. The number of ether oxygens (including phenoxy) is 4. The molecular weight excluding hydrogens is 426 g/mol. The lowest BCUT2D eigenvalue weighted by Gasteiger charge is -2.15. The summed E-state index contributed by atoms with van der Waals surface area (Å²) in [6, 6.07) is 8.48. The third kappa shape index (κ3) is 5.28. The van der Waals surface area contributed by atoms with Gasteiger partial charge in [-0.1, -0.05) is 6.58 Å². The van der Waals surface area contributed by atoms with Gasteiger partial charge in [-0.05, 0) is 37.1 Å². The van der Waals surface area contributed by atoms with E-state index in [1.807, 2.05) is 13.0 Å². The summed E-state index contributed by atoms with van der Waals surface area (Å²) in [5, 5.41) is 3.50. The van der Waals surface area contributed by atoms with E-state index in [0.717, 1.165) is 11.0 Å². The summed E-state index contributed by atoms with van der Waals surface area (Å²) >= 11 is 0. The van der Waals surface area contributed by atoms with Crippen molar-refractivity contribution in [3.05, 3.63) is 64.0 Å². The fraction of sp³-hybridized carbons (Fsp3) is 0.280. The number of rotatable bonds is 9. The number of benzene rings is 2. The standard InChI is InChI=1S/C25H27NO7/c1-14(2)13-32-17-7-8-18-15(3)19(25(28)33-20(18)11-17)12-23(27)26-16-9-21(29-4)24(31-6)22(10-16)30-5/h7-11H,1,12-13H2,2-6H3,(H,26,27). The van der Waals surface area contributed by atoms with Gasteiger partial charge in [0.15, 0.2) is 11.5 Å². The average Bonchev–Trinajstić information content (AvgIpc) is 2.79. The molecule has 0 spiro atoms. The summed E-state index contributed by atoms with van der Waals surface area (Å²) in [4.78, 5) is 25.4. The number of amides is 1. The molecule has 3 aromatic rings. The molecule has 0 fully saturated rings. The number of nitrogens with one attached hydrogen (secondary N) is 1. The van der Waals surface area contributed by atoms with E-state index >= 15 is 0 Å². The molecule has 174 valence electrons. The molecule has 0 bridgehead atoms. The van der Waals surface area contributed by atoms with Gasteiger partial charge >= 0.3 is 5.63 Å². The number of aryl methyl sites for hydroxylation is 1. The van der Waals surface area contributed by atoms with Gasteiger partial charge in [0.1, 0.15) is 17.9 Å². The number of hydrogen-bond acceptors (Lipinski definition) is 7. The van der Waals surface area contributed by atoms with Crippen LogP contribution >= 0.6 is 0 Å². The lowest BCUT2D eigenvalue weighted by atomic mass is 10.0. The lowest BCUT2D eigenvalue weighted by molar-refractivity contribution is -0.115. The Hall–Kier alpha value is -3.94. The highest BCUT2D eigenvalue weighted by atomic mass is 16.5. The molecule has 0 saturated carbocycles. The van der Waals surface area contributed by atoms with Crippen LogP contribution in [0.5, 0.6) is 23.0 Å². The number of carbonyl (C=O) groups excluding carboxylic acids is 1. The van der Waals surface area contributed by atoms with Crippen LogP contribution in [0.25, 0.3) is 11.0 Å². The molecule has 8 nitrogen and oxygen atoms in total. The Labute approximate surface area is 191 Å². The van der Waals surface area contributed by atoms with Gasteiger partial charge in [0.2, 0.25) is 11.7 Å². The Kier molecular flexibility index (Phi) is 7.27. The predicted molar refractivity (Wildman–Crippen MR) is 126 cm³/mol. The maximum Gasteiger partial charge on any atom is 0.340 e. The zero-order valence-electron chi connectivity index (χ0n) is 19.4. The van der Waals surface area contributed by atoms with Gasteiger partial charge in [-0.3, -0.25) is 4.79 Å². The first-order valence-corrected chi connectivity index (χ1v) is 10.2. The highest BCUT2D eigenvalue weighted by Crippen LogP contribution is 2.40. The van der Waals surface area contributed by atoms with E-state index in [1.54, 1.807) is 31.2 Å². The van der Waals surface area contributed by atoms with Gasteiger partial charge in [-0.15, -0.1) is 0 Å². The van der Waals surface area contributed by atoms with Crippen LogP contribution in [0.4, 0.5) is 5.69 Å². The van der Waals surface area contributed by atoms with Crippen LogP contribution in [0.3, 0.4) is 0 Å². The maximum atomic E-state index is 12.7. The summed E-state index contributed by atoms with van der Waals surface area (Å²) in [5.41, 5.74) is 2.09. The van der Waals surface area contributed by atoms with Crippen LogP contribution in [-0.2, 0) is 11.2 Å². The van der Waals surface area contributed by atoms with Crippen LogP contribution in [0, 0.1) is 6.92 Å². The molecule has 8 heteroatoms. The summed E-state index contributed by atoms with van der Waals surface area (Å²) in [5.74, 6) is 1.40. The second-order valence-corrected chi connectivity index (χ2v) is 7.54. The first kappa shape index (κ1) is 23.7. The Bertz CT molecular complexity index is 1230. The fourth-order valence-electron chi connectivity index (χ4n) is 3.39. The molecule has 0 atom stereocenters. The second kappa shape index (κ2) is 10.1. The van der Waals surface area contributed by atoms with E-state index in [-0.39, 0.29) is 17.9 Å². The quantitative estimate of drug-likeness (QED) is 0.382. The molecule has 0 aliphatic carbocycles. The predicted octanol–water partition coefficient (Wildman–Crippen LogP) is 4.26. The molecular formula is C25H27NO7. The van der Waals surface area contributed by atoms with Crippen molar-refractivity contribution in [1.29, 1.82) is 0 Å². The van der Waals surface area contributed by atoms with E-state index in [9.17, 15) is 9.59 Å². The average molecular weight is 453 g/mol. The van der Waals surface area contributed by atoms with Crippen molar-refractivity contribution in [2.45, 2.75) is 20.3 Å².